The lowest BCUT2D eigenvalue weighted by Gasteiger charge is -2.11. The molecule has 0 aromatic heterocycles. The predicted molar refractivity (Wildman–Crippen MR) is 64.2 cm³/mol. The number of aromatic carboxylic acids is 1. The third kappa shape index (κ3) is 4.14. The van der Waals surface area contributed by atoms with Crippen LogP contribution in [0.15, 0.2) is 24.3 Å². The highest BCUT2D eigenvalue weighted by atomic mass is 16.4. The number of carboxylic acids is 1. The molecule has 0 aliphatic rings. The Morgan fingerprint density at radius 3 is 2.29 bits per heavy atom. The van der Waals surface area contributed by atoms with Crippen molar-refractivity contribution < 1.29 is 14.7 Å². The Kier molecular flexibility index (Phi) is 4.51. The van der Waals surface area contributed by atoms with Gasteiger partial charge in [-0.25, -0.2) is 9.59 Å². The lowest BCUT2D eigenvalue weighted by atomic mass is 10.1. The summed E-state index contributed by atoms with van der Waals surface area (Å²) in [5, 5.41) is 11.5. The zero-order valence-electron chi connectivity index (χ0n) is 9.93. The number of urea groups is 1. The number of benzene rings is 1. The van der Waals surface area contributed by atoms with Crippen LogP contribution in [0.2, 0.25) is 0 Å². The molecule has 92 valence electrons. The lowest BCUT2D eigenvalue weighted by molar-refractivity contribution is 0.0697. The molecule has 5 nitrogen and oxygen atoms in total. The summed E-state index contributed by atoms with van der Waals surface area (Å²) in [6.45, 7) is 0.531. The maximum atomic E-state index is 11.2. The number of nitrogens with one attached hydrogen (secondary N) is 1. The molecule has 0 spiro atoms. The second kappa shape index (κ2) is 5.89. The number of nitrogens with zero attached hydrogens (tertiary/aromatic N) is 1. The van der Waals surface area contributed by atoms with Gasteiger partial charge in [0.2, 0.25) is 0 Å². The molecular weight excluding hydrogens is 220 g/mol. The summed E-state index contributed by atoms with van der Waals surface area (Å²) in [4.78, 5) is 23.3. The van der Waals surface area contributed by atoms with Crippen molar-refractivity contribution in [3.63, 3.8) is 0 Å². The normalized spacial score (nSPS) is 9.76. The van der Waals surface area contributed by atoms with Crippen LogP contribution >= 0.6 is 0 Å². The zero-order valence-corrected chi connectivity index (χ0v) is 9.93. The van der Waals surface area contributed by atoms with Crippen molar-refractivity contribution in [3.8, 4) is 0 Å². The summed E-state index contributed by atoms with van der Waals surface area (Å²) < 4.78 is 0. The summed E-state index contributed by atoms with van der Waals surface area (Å²) in [6, 6.07) is 6.50. The van der Waals surface area contributed by atoms with Crippen LogP contribution in [-0.4, -0.2) is 42.6 Å². The van der Waals surface area contributed by atoms with Gasteiger partial charge in [-0.1, -0.05) is 12.1 Å². The van der Waals surface area contributed by atoms with Crippen LogP contribution in [0.4, 0.5) is 4.79 Å². The molecule has 17 heavy (non-hydrogen) atoms. The molecular formula is C12H16N2O3. The second-order valence-electron chi connectivity index (χ2n) is 3.88. The van der Waals surface area contributed by atoms with Gasteiger partial charge in [-0.2, -0.15) is 0 Å². The fourth-order valence-corrected chi connectivity index (χ4v) is 1.29. The van der Waals surface area contributed by atoms with E-state index in [2.05, 4.69) is 5.32 Å². The molecule has 0 fully saturated rings. The van der Waals surface area contributed by atoms with Gasteiger partial charge < -0.3 is 15.3 Å². The average molecular weight is 236 g/mol. The SMILES string of the molecule is CN(C)C(=O)NCCc1ccc(C(=O)O)cc1. The second-order valence-corrected chi connectivity index (χ2v) is 3.88. The Morgan fingerprint density at radius 2 is 1.82 bits per heavy atom. The largest absolute Gasteiger partial charge is 0.478 e. The van der Waals surface area contributed by atoms with Gasteiger partial charge in [0.05, 0.1) is 5.56 Å². The molecule has 0 unspecified atom stereocenters. The highest BCUT2D eigenvalue weighted by Gasteiger charge is 2.03. The third-order valence-electron chi connectivity index (χ3n) is 2.30. The van der Waals surface area contributed by atoms with Crippen molar-refractivity contribution in [1.82, 2.24) is 10.2 Å². The Balaban J connectivity index is 2.42. The molecule has 0 radical (unpaired) electrons. The van der Waals surface area contributed by atoms with Crippen LogP contribution in [-0.2, 0) is 6.42 Å². The Labute approximate surface area is 100 Å². The van der Waals surface area contributed by atoms with E-state index >= 15 is 0 Å². The fraction of sp³-hybridized carbons (Fsp3) is 0.333. The molecule has 0 atom stereocenters. The number of rotatable bonds is 4. The molecule has 1 aromatic carbocycles. The number of hydrogen-bond donors (Lipinski definition) is 2. The minimum atomic E-state index is -0.933. The zero-order chi connectivity index (χ0) is 12.8. The minimum Gasteiger partial charge on any atom is -0.478 e. The van der Waals surface area contributed by atoms with Crippen molar-refractivity contribution in [2.75, 3.05) is 20.6 Å². The highest BCUT2D eigenvalue weighted by Crippen LogP contribution is 2.04. The first-order valence-electron chi connectivity index (χ1n) is 5.28. The molecule has 0 aliphatic heterocycles. The molecule has 0 saturated carbocycles. The quantitative estimate of drug-likeness (QED) is 0.825. The van der Waals surface area contributed by atoms with Crippen molar-refractivity contribution >= 4 is 12.0 Å². The van der Waals surface area contributed by atoms with Crippen LogP contribution in [0.25, 0.3) is 0 Å². The maximum absolute atomic E-state index is 11.2. The van der Waals surface area contributed by atoms with Crippen LogP contribution in [0, 0.1) is 0 Å². The number of amides is 2. The molecule has 5 heteroatoms. The smallest absolute Gasteiger partial charge is 0.335 e. The van der Waals surface area contributed by atoms with Crippen LogP contribution in [0.5, 0.6) is 0 Å². The number of hydrogen-bond acceptors (Lipinski definition) is 2. The van der Waals surface area contributed by atoms with E-state index < -0.39 is 5.97 Å². The molecule has 0 saturated heterocycles. The Hall–Kier alpha value is -2.04. The first-order chi connectivity index (χ1) is 8.00. The molecule has 0 heterocycles. The Morgan fingerprint density at radius 1 is 1.24 bits per heavy atom. The number of carbonyl (C=O) groups is 2. The van der Waals surface area contributed by atoms with Crippen LogP contribution < -0.4 is 5.32 Å². The standard InChI is InChI=1S/C12H16N2O3/c1-14(2)12(17)13-8-7-9-3-5-10(6-4-9)11(15)16/h3-6H,7-8H2,1-2H3,(H,13,17)(H,15,16). The first kappa shape index (κ1) is 13.0. The topological polar surface area (TPSA) is 69.6 Å². The molecule has 0 aliphatic carbocycles. The van der Waals surface area contributed by atoms with Gasteiger partial charge in [0, 0.05) is 20.6 Å². The summed E-state index contributed by atoms with van der Waals surface area (Å²) in [6.07, 6.45) is 0.680. The third-order valence-corrected chi connectivity index (χ3v) is 2.30. The van der Waals surface area contributed by atoms with Gasteiger partial charge >= 0.3 is 12.0 Å². The Bertz CT molecular complexity index is 399. The van der Waals surface area contributed by atoms with Crippen LogP contribution in [0.3, 0.4) is 0 Å². The summed E-state index contributed by atoms with van der Waals surface area (Å²) in [5.74, 6) is -0.933. The first-order valence-corrected chi connectivity index (χ1v) is 5.28. The van der Waals surface area contributed by atoms with E-state index in [0.717, 1.165) is 5.56 Å². The minimum absolute atomic E-state index is 0.132. The van der Waals surface area contributed by atoms with E-state index in [0.29, 0.717) is 13.0 Å². The van der Waals surface area contributed by atoms with E-state index in [4.69, 9.17) is 5.11 Å². The van der Waals surface area contributed by atoms with E-state index in [1.165, 1.54) is 4.90 Å². The maximum Gasteiger partial charge on any atom is 0.335 e. The van der Waals surface area contributed by atoms with Gasteiger partial charge in [-0.15, -0.1) is 0 Å². The number of carbonyl (C=O) groups excluding carboxylic acids is 1. The van der Waals surface area contributed by atoms with Gasteiger partial charge in [0.25, 0.3) is 0 Å². The molecule has 2 N–H and O–H groups in total. The molecule has 1 aromatic rings. The molecule has 0 bridgehead atoms. The van der Waals surface area contributed by atoms with Gasteiger partial charge in [-0.3, -0.25) is 0 Å². The monoisotopic (exact) mass is 236 g/mol. The molecule has 1 rings (SSSR count). The van der Waals surface area contributed by atoms with Crippen molar-refractivity contribution in [2.45, 2.75) is 6.42 Å². The number of carboxylic acid groups (broad SMARTS) is 1. The van der Waals surface area contributed by atoms with Crippen LogP contribution in [0.1, 0.15) is 15.9 Å². The van der Waals surface area contributed by atoms with Crippen molar-refractivity contribution in [3.05, 3.63) is 35.4 Å². The van der Waals surface area contributed by atoms with Crippen molar-refractivity contribution in [1.29, 1.82) is 0 Å². The van der Waals surface area contributed by atoms with Gasteiger partial charge in [-0.05, 0) is 24.1 Å². The fourth-order valence-electron chi connectivity index (χ4n) is 1.29. The predicted octanol–water partition coefficient (Wildman–Crippen LogP) is 1.20. The lowest BCUT2D eigenvalue weighted by Crippen LogP contribution is -2.35. The summed E-state index contributed by atoms with van der Waals surface area (Å²) in [7, 11) is 3.36. The highest BCUT2D eigenvalue weighted by molar-refractivity contribution is 5.87. The van der Waals surface area contributed by atoms with E-state index in [1.54, 1.807) is 38.4 Å². The van der Waals surface area contributed by atoms with E-state index in [9.17, 15) is 9.59 Å². The van der Waals surface area contributed by atoms with Gasteiger partial charge in [0.1, 0.15) is 0 Å². The average Bonchev–Trinajstić information content (AvgIpc) is 2.29. The van der Waals surface area contributed by atoms with E-state index in [1.807, 2.05) is 0 Å². The summed E-state index contributed by atoms with van der Waals surface area (Å²) in [5.41, 5.74) is 1.26. The van der Waals surface area contributed by atoms with E-state index in [-0.39, 0.29) is 11.6 Å². The molecule has 2 amide bonds. The van der Waals surface area contributed by atoms with Gasteiger partial charge in [0.15, 0.2) is 0 Å². The summed E-state index contributed by atoms with van der Waals surface area (Å²) >= 11 is 0. The van der Waals surface area contributed by atoms with Crippen molar-refractivity contribution in [2.24, 2.45) is 0 Å².